The number of esters is 1. The van der Waals surface area contributed by atoms with Gasteiger partial charge in [0.25, 0.3) is 5.56 Å². The molecule has 0 saturated carbocycles. The van der Waals surface area contributed by atoms with Crippen LogP contribution < -0.4 is 20.9 Å². The standard InChI is InChI=1S/C38H42Cl4N4O6/c1-3-4-5-6-7-8-9-10-11-12-13-14-34(47)43-27-17-20-29(40)32(23-27)44-33-24-35(48)46(36-30(41)21-26(39)22-31(36)42)45(33)38(50)52-28-18-15-25(16-19-28)37(49)51-2/h15-24,44H,3-14H2,1-2H3,(H,43,47). The number of carbonyl (C=O) groups excluding carboxylic acids is 3. The van der Waals surface area contributed by atoms with Crippen molar-refractivity contribution in [1.82, 2.24) is 9.36 Å². The van der Waals surface area contributed by atoms with Crippen molar-refractivity contribution in [1.29, 1.82) is 0 Å². The van der Waals surface area contributed by atoms with Gasteiger partial charge in [0, 0.05) is 23.2 Å². The Balaban J connectivity index is 1.49. The fourth-order valence-corrected chi connectivity index (χ4v) is 6.73. The van der Waals surface area contributed by atoms with E-state index in [1.807, 2.05) is 0 Å². The highest BCUT2D eigenvalue weighted by molar-refractivity contribution is 6.40. The highest BCUT2D eigenvalue weighted by atomic mass is 35.5. The first-order valence-electron chi connectivity index (χ1n) is 17.3. The molecule has 1 heterocycles. The fraction of sp³-hybridized carbons (Fsp3) is 0.368. The van der Waals surface area contributed by atoms with Crippen LogP contribution >= 0.6 is 46.4 Å². The van der Waals surface area contributed by atoms with Crippen LogP contribution in [-0.4, -0.2) is 34.4 Å². The molecule has 0 radical (unpaired) electrons. The van der Waals surface area contributed by atoms with E-state index in [2.05, 4.69) is 17.6 Å². The lowest BCUT2D eigenvalue weighted by Crippen LogP contribution is -2.29. The van der Waals surface area contributed by atoms with Crippen LogP contribution in [0.2, 0.25) is 20.1 Å². The predicted octanol–water partition coefficient (Wildman–Crippen LogP) is 11.5. The van der Waals surface area contributed by atoms with E-state index >= 15 is 0 Å². The summed E-state index contributed by atoms with van der Waals surface area (Å²) in [6, 6.07) is 14.3. The van der Waals surface area contributed by atoms with E-state index in [9.17, 15) is 19.2 Å². The Bertz CT molecular complexity index is 1890. The van der Waals surface area contributed by atoms with Gasteiger partial charge in [0.1, 0.15) is 17.3 Å². The number of ether oxygens (including phenoxy) is 2. The maximum absolute atomic E-state index is 13.8. The number of hydrogen-bond acceptors (Lipinski definition) is 7. The number of nitrogens with one attached hydrogen (secondary N) is 2. The minimum atomic E-state index is -1.04. The molecule has 52 heavy (non-hydrogen) atoms. The first kappa shape index (κ1) is 40.8. The van der Waals surface area contributed by atoms with Crippen LogP contribution in [-0.2, 0) is 9.53 Å². The zero-order chi connectivity index (χ0) is 37.6. The normalized spacial score (nSPS) is 11.0. The van der Waals surface area contributed by atoms with E-state index in [0.717, 1.165) is 34.7 Å². The van der Waals surface area contributed by atoms with Crippen molar-refractivity contribution in [3.63, 3.8) is 0 Å². The maximum atomic E-state index is 13.8. The van der Waals surface area contributed by atoms with Gasteiger partial charge in [-0.15, -0.1) is 0 Å². The van der Waals surface area contributed by atoms with E-state index in [-0.39, 0.29) is 54.5 Å². The number of nitrogens with zero attached hydrogens (tertiary/aromatic N) is 2. The maximum Gasteiger partial charge on any atom is 0.440 e. The van der Waals surface area contributed by atoms with Gasteiger partial charge < -0.3 is 20.1 Å². The Morgan fingerprint density at radius 3 is 1.92 bits per heavy atom. The van der Waals surface area contributed by atoms with Crippen LogP contribution in [0.4, 0.5) is 22.0 Å². The zero-order valence-corrected chi connectivity index (χ0v) is 32.1. The molecular formula is C38H42Cl4N4O6. The first-order valence-corrected chi connectivity index (χ1v) is 18.8. The van der Waals surface area contributed by atoms with Gasteiger partial charge >= 0.3 is 12.1 Å². The van der Waals surface area contributed by atoms with Gasteiger partial charge in [0.2, 0.25) is 5.91 Å². The van der Waals surface area contributed by atoms with E-state index in [0.29, 0.717) is 12.1 Å². The number of carbonyl (C=O) groups is 3. The summed E-state index contributed by atoms with van der Waals surface area (Å²) >= 11 is 25.6. The number of unbranched alkanes of at least 4 members (excludes halogenated alkanes) is 10. The molecule has 4 aromatic rings. The molecule has 4 rings (SSSR count). The third-order valence-corrected chi connectivity index (χ3v) is 9.39. The minimum absolute atomic E-state index is 0.0127. The number of amides is 1. The monoisotopic (exact) mass is 790 g/mol. The molecule has 0 aliphatic carbocycles. The largest absolute Gasteiger partial charge is 0.465 e. The molecule has 0 spiro atoms. The van der Waals surface area contributed by atoms with Crippen LogP contribution in [0.3, 0.4) is 0 Å². The summed E-state index contributed by atoms with van der Waals surface area (Å²) in [7, 11) is 1.25. The van der Waals surface area contributed by atoms with Gasteiger partial charge in [-0.3, -0.25) is 9.59 Å². The zero-order valence-electron chi connectivity index (χ0n) is 29.1. The third-order valence-electron chi connectivity index (χ3n) is 8.26. The average Bonchev–Trinajstić information content (AvgIpc) is 3.42. The Hall–Kier alpha value is -3.96. The van der Waals surface area contributed by atoms with Crippen molar-refractivity contribution in [2.24, 2.45) is 0 Å². The molecular weight excluding hydrogens is 750 g/mol. The smallest absolute Gasteiger partial charge is 0.440 e. The quantitative estimate of drug-likeness (QED) is 0.0760. The van der Waals surface area contributed by atoms with Crippen LogP contribution in [0.5, 0.6) is 5.75 Å². The summed E-state index contributed by atoms with van der Waals surface area (Å²) in [6.07, 6.45) is 12.4. The molecule has 0 fully saturated rings. The highest BCUT2D eigenvalue weighted by Gasteiger charge is 2.25. The molecule has 10 nitrogen and oxygen atoms in total. The summed E-state index contributed by atoms with van der Waals surface area (Å²) in [4.78, 5) is 51.9. The first-order chi connectivity index (χ1) is 25.0. The Morgan fingerprint density at radius 2 is 1.33 bits per heavy atom. The third kappa shape index (κ3) is 11.5. The second-order valence-corrected chi connectivity index (χ2v) is 13.9. The van der Waals surface area contributed by atoms with Gasteiger partial charge in [-0.1, -0.05) is 118 Å². The number of halogens is 4. The summed E-state index contributed by atoms with van der Waals surface area (Å²) in [5.74, 6) is -0.708. The van der Waals surface area contributed by atoms with Crippen LogP contribution in [0.15, 0.2) is 65.5 Å². The van der Waals surface area contributed by atoms with Crippen molar-refractivity contribution < 1.29 is 23.9 Å². The number of hydrogen-bond donors (Lipinski definition) is 2. The molecule has 2 N–H and O–H groups in total. The average molecular weight is 793 g/mol. The molecule has 0 unspecified atom stereocenters. The minimum Gasteiger partial charge on any atom is -0.465 e. The molecule has 3 aromatic carbocycles. The molecule has 0 aliphatic rings. The lowest BCUT2D eigenvalue weighted by atomic mass is 10.1. The van der Waals surface area contributed by atoms with Crippen molar-refractivity contribution in [2.75, 3.05) is 17.7 Å². The molecule has 0 saturated heterocycles. The van der Waals surface area contributed by atoms with Crippen molar-refractivity contribution in [3.8, 4) is 11.4 Å². The Morgan fingerprint density at radius 1 is 0.731 bits per heavy atom. The number of rotatable bonds is 18. The van der Waals surface area contributed by atoms with Gasteiger partial charge in [-0.05, 0) is 61.0 Å². The van der Waals surface area contributed by atoms with Crippen LogP contribution in [0.1, 0.15) is 94.3 Å². The molecule has 278 valence electrons. The summed E-state index contributed by atoms with van der Waals surface area (Å²) in [5, 5.41) is 6.33. The fourth-order valence-electron chi connectivity index (χ4n) is 5.59. The molecule has 0 bridgehead atoms. The number of aromatic nitrogens is 2. The van der Waals surface area contributed by atoms with E-state index < -0.39 is 17.6 Å². The van der Waals surface area contributed by atoms with Gasteiger partial charge in [0.05, 0.1) is 33.4 Å². The topological polar surface area (TPSA) is 121 Å². The summed E-state index contributed by atoms with van der Waals surface area (Å²) in [6.45, 7) is 2.23. The van der Waals surface area contributed by atoms with Crippen molar-refractivity contribution in [2.45, 2.75) is 84.0 Å². The number of methoxy groups -OCH3 is 1. The van der Waals surface area contributed by atoms with E-state index in [4.69, 9.17) is 55.9 Å². The number of benzene rings is 3. The summed E-state index contributed by atoms with van der Waals surface area (Å²) < 4.78 is 12.1. The SMILES string of the molecule is CCCCCCCCCCCCCC(=O)Nc1ccc(Cl)c(Nc2cc(=O)n(-c3c(Cl)cc(Cl)cc3Cl)n2C(=O)Oc2ccc(C(=O)OC)cc2)c1. The lowest BCUT2D eigenvalue weighted by molar-refractivity contribution is -0.116. The molecule has 14 heteroatoms. The molecule has 1 aromatic heterocycles. The predicted molar refractivity (Wildman–Crippen MR) is 209 cm³/mol. The Kier molecular flexibility index (Phi) is 15.9. The van der Waals surface area contributed by atoms with Gasteiger partial charge in [-0.25, -0.2) is 14.3 Å². The van der Waals surface area contributed by atoms with Gasteiger partial charge in [-0.2, -0.15) is 4.68 Å². The van der Waals surface area contributed by atoms with Crippen LogP contribution in [0.25, 0.3) is 5.69 Å². The van der Waals surface area contributed by atoms with Crippen molar-refractivity contribution >= 4 is 81.6 Å². The second-order valence-electron chi connectivity index (χ2n) is 12.2. The highest BCUT2D eigenvalue weighted by Crippen LogP contribution is 2.34. The molecule has 0 aliphatic heterocycles. The van der Waals surface area contributed by atoms with Gasteiger partial charge in [0.15, 0.2) is 0 Å². The molecule has 1 amide bonds. The molecule has 0 atom stereocenters. The summed E-state index contributed by atoms with van der Waals surface area (Å²) in [5.41, 5.74) is 0.258. The Labute approximate surface area is 323 Å². The van der Waals surface area contributed by atoms with E-state index in [1.54, 1.807) is 18.2 Å². The van der Waals surface area contributed by atoms with Crippen molar-refractivity contribution in [3.05, 3.63) is 96.7 Å². The van der Waals surface area contributed by atoms with E-state index in [1.165, 1.54) is 94.9 Å². The van der Waals surface area contributed by atoms with Crippen LogP contribution in [0, 0.1) is 0 Å². The number of anilines is 3. The second kappa shape index (κ2) is 20.3. The lowest BCUT2D eigenvalue weighted by Gasteiger charge is -2.17.